The Morgan fingerprint density at radius 3 is 1.48 bits per heavy atom. The van der Waals surface area contributed by atoms with Crippen molar-refractivity contribution in [3.05, 3.63) is 0 Å². The molecule has 0 radical (unpaired) electrons. The average molecular weight is 361 g/mol. The van der Waals surface area contributed by atoms with Crippen LogP contribution in [0.5, 0.6) is 0 Å². The summed E-state index contributed by atoms with van der Waals surface area (Å²) in [6.45, 7) is 4.66. The summed E-state index contributed by atoms with van der Waals surface area (Å²) in [5, 5.41) is 8.38. The highest BCUT2D eigenvalue weighted by Gasteiger charge is 1.96. The summed E-state index contributed by atoms with van der Waals surface area (Å²) in [5.41, 5.74) is 0. The molecule has 5 heteroatoms. The first-order valence-corrected chi connectivity index (χ1v) is 10.2. The molecule has 0 saturated heterocycles. The Hall–Kier alpha value is -0.650. The number of carboxylic acid groups (broad SMARTS) is 1. The monoisotopic (exact) mass is 360 g/mol. The third-order valence-corrected chi connectivity index (χ3v) is 4.11. The zero-order valence-corrected chi connectivity index (χ0v) is 16.3. The van der Waals surface area contributed by atoms with Crippen LogP contribution in [0.1, 0.15) is 84.0 Å². The van der Waals surface area contributed by atoms with Gasteiger partial charge in [0.05, 0.1) is 26.4 Å². The Morgan fingerprint density at radius 2 is 1.00 bits per heavy atom. The van der Waals surface area contributed by atoms with E-state index in [0.717, 1.165) is 13.0 Å². The zero-order chi connectivity index (χ0) is 18.4. The second kappa shape index (κ2) is 21.4. The van der Waals surface area contributed by atoms with E-state index in [1.165, 1.54) is 70.6 Å². The van der Waals surface area contributed by atoms with Crippen LogP contribution >= 0.6 is 0 Å². The van der Waals surface area contributed by atoms with Crippen molar-refractivity contribution >= 4 is 5.97 Å². The molecule has 0 saturated carbocycles. The van der Waals surface area contributed by atoms with Gasteiger partial charge in [-0.3, -0.25) is 0 Å². The minimum atomic E-state index is -0.953. The number of ether oxygens (including phenoxy) is 3. The number of hydrogen-bond donors (Lipinski definition) is 1. The quantitative estimate of drug-likeness (QED) is 0.297. The van der Waals surface area contributed by atoms with Crippen LogP contribution in [0.25, 0.3) is 0 Å². The number of carbonyl (C=O) groups is 1. The lowest BCUT2D eigenvalue weighted by Gasteiger charge is -2.06. The van der Waals surface area contributed by atoms with Crippen LogP contribution in [0, 0.1) is 0 Å². The van der Waals surface area contributed by atoms with Crippen molar-refractivity contribution in [1.29, 1.82) is 0 Å². The van der Waals surface area contributed by atoms with Crippen LogP contribution in [0.3, 0.4) is 0 Å². The number of aliphatic carboxylic acids is 1. The summed E-state index contributed by atoms with van der Waals surface area (Å²) in [5.74, 6) is -0.953. The molecule has 0 aliphatic heterocycles. The van der Waals surface area contributed by atoms with E-state index in [4.69, 9.17) is 19.3 Å². The Labute approximate surface area is 154 Å². The molecule has 0 fully saturated rings. The largest absolute Gasteiger partial charge is 0.480 e. The van der Waals surface area contributed by atoms with E-state index in [0.29, 0.717) is 26.4 Å². The van der Waals surface area contributed by atoms with E-state index in [1.807, 2.05) is 0 Å². The highest BCUT2D eigenvalue weighted by molar-refractivity contribution is 5.67. The summed E-state index contributed by atoms with van der Waals surface area (Å²) in [4.78, 5) is 10.2. The number of rotatable bonds is 21. The lowest BCUT2D eigenvalue weighted by Crippen LogP contribution is -2.13. The van der Waals surface area contributed by atoms with Crippen LogP contribution in [0.2, 0.25) is 0 Å². The van der Waals surface area contributed by atoms with E-state index < -0.39 is 5.97 Å². The molecule has 0 aromatic heterocycles. The second-order valence-electron chi connectivity index (χ2n) is 6.56. The van der Waals surface area contributed by atoms with E-state index in [9.17, 15) is 4.79 Å². The van der Waals surface area contributed by atoms with Gasteiger partial charge in [0.2, 0.25) is 0 Å². The van der Waals surface area contributed by atoms with E-state index in [2.05, 4.69) is 6.92 Å². The van der Waals surface area contributed by atoms with Gasteiger partial charge in [-0.25, -0.2) is 4.79 Å². The number of hydrogen-bond acceptors (Lipinski definition) is 4. The Morgan fingerprint density at radius 1 is 0.600 bits per heavy atom. The molecule has 0 aromatic carbocycles. The molecule has 0 bridgehead atoms. The fourth-order valence-electron chi connectivity index (χ4n) is 2.64. The first kappa shape index (κ1) is 24.4. The lowest BCUT2D eigenvalue weighted by atomic mass is 10.1. The van der Waals surface area contributed by atoms with Crippen molar-refractivity contribution in [2.45, 2.75) is 84.0 Å². The number of unbranched alkanes of at least 4 members (excludes halogenated alkanes) is 11. The normalized spacial score (nSPS) is 11.1. The summed E-state index contributed by atoms with van der Waals surface area (Å²) >= 11 is 0. The molecule has 0 heterocycles. The summed E-state index contributed by atoms with van der Waals surface area (Å²) in [6, 6.07) is 0. The molecular weight excluding hydrogens is 320 g/mol. The molecule has 0 atom stereocenters. The summed E-state index contributed by atoms with van der Waals surface area (Å²) in [7, 11) is 0. The third-order valence-electron chi connectivity index (χ3n) is 4.11. The smallest absolute Gasteiger partial charge is 0.329 e. The van der Waals surface area contributed by atoms with Gasteiger partial charge in [-0.15, -0.1) is 0 Å². The van der Waals surface area contributed by atoms with Gasteiger partial charge < -0.3 is 19.3 Å². The van der Waals surface area contributed by atoms with Gasteiger partial charge >= 0.3 is 5.97 Å². The van der Waals surface area contributed by atoms with Crippen molar-refractivity contribution in [2.24, 2.45) is 0 Å². The van der Waals surface area contributed by atoms with Crippen LogP contribution < -0.4 is 0 Å². The van der Waals surface area contributed by atoms with Crippen LogP contribution in [0.15, 0.2) is 0 Å². The van der Waals surface area contributed by atoms with Crippen molar-refractivity contribution in [1.82, 2.24) is 0 Å². The van der Waals surface area contributed by atoms with Crippen molar-refractivity contribution in [2.75, 3.05) is 39.6 Å². The summed E-state index contributed by atoms with van der Waals surface area (Å²) < 4.78 is 15.7. The second-order valence-corrected chi connectivity index (χ2v) is 6.56. The predicted molar refractivity (Wildman–Crippen MR) is 101 cm³/mol. The minimum Gasteiger partial charge on any atom is -0.480 e. The van der Waals surface area contributed by atoms with Crippen LogP contribution in [-0.2, 0) is 19.0 Å². The average Bonchev–Trinajstić information content (AvgIpc) is 2.60. The maximum absolute atomic E-state index is 10.2. The predicted octanol–water partition coefficient (Wildman–Crippen LogP) is 4.82. The molecule has 0 spiro atoms. The molecule has 150 valence electrons. The molecule has 1 N–H and O–H groups in total. The van der Waals surface area contributed by atoms with Gasteiger partial charge in [-0.05, 0) is 6.42 Å². The molecule has 0 amide bonds. The van der Waals surface area contributed by atoms with Gasteiger partial charge in [0.1, 0.15) is 6.61 Å². The van der Waals surface area contributed by atoms with E-state index >= 15 is 0 Å². The molecule has 25 heavy (non-hydrogen) atoms. The van der Waals surface area contributed by atoms with Crippen molar-refractivity contribution in [3.8, 4) is 0 Å². The minimum absolute atomic E-state index is 0.265. The maximum atomic E-state index is 10.2. The maximum Gasteiger partial charge on any atom is 0.329 e. The highest BCUT2D eigenvalue weighted by atomic mass is 16.5. The van der Waals surface area contributed by atoms with Gasteiger partial charge in [0, 0.05) is 6.61 Å². The van der Waals surface area contributed by atoms with Gasteiger partial charge in [-0.2, -0.15) is 0 Å². The SMILES string of the molecule is CCCCCCCCCCCCCCOCCOCCOCC(=O)O. The molecule has 0 aliphatic carbocycles. The fraction of sp³-hybridized carbons (Fsp3) is 0.950. The fourth-order valence-corrected chi connectivity index (χ4v) is 2.64. The van der Waals surface area contributed by atoms with Gasteiger partial charge in [0.15, 0.2) is 0 Å². The molecule has 0 aromatic rings. The van der Waals surface area contributed by atoms with Crippen LogP contribution in [-0.4, -0.2) is 50.7 Å². The molecule has 0 rings (SSSR count). The zero-order valence-electron chi connectivity index (χ0n) is 16.3. The van der Waals surface area contributed by atoms with Gasteiger partial charge in [0.25, 0.3) is 0 Å². The third kappa shape index (κ3) is 23.4. The van der Waals surface area contributed by atoms with E-state index in [-0.39, 0.29) is 6.61 Å². The first-order chi connectivity index (χ1) is 12.3. The van der Waals surface area contributed by atoms with Crippen LogP contribution in [0.4, 0.5) is 0 Å². The number of carboxylic acids is 1. The van der Waals surface area contributed by atoms with E-state index in [1.54, 1.807) is 0 Å². The molecule has 0 unspecified atom stereocenters. The van der Waals surface area contributed by atoms with Crippen molar-refractivity contribution < 1.29 is 24.1 Å². The standard InChI is InChI=1S/C20H40O5/c1-2-3-4-5-6-7-8-9-10-11-12-13-14-23-15-16-24-17-18-25-19-20(21)22/h2-19H2,1H3,(H,21,22). The Bertz CT molecular complexity index is 271. The molecule has 5 nitrogen and oxygen atoms in total. The van der Waals surface area contributed by atoms with Gasteiger partial charge in [-0.1, -0.05) is 77.6 Å². The first-order valence-electron chi connectivity index (χ1n) is 10.2. The molecular formula is C20H40O5. The molecule has 0 aliphatic rings. The topological polar surface area (TPSA) is 65.0 Å². The Kier molecular flexibility index (Phi) is 20.8. The summed E-state index contributed by atoms with van der Waals surface area (Å²) in [6.07, 6.45) is 16.2. The van der Waals surface area contributed by atoms with Crippen molar-refractivity contribution in [3.63, 3.8) is 0 Å². The highest BCUT2D eigenvalue weighted by Crippen LogP contribution is 2.11. The Balaban J connectivity index is 2.97. The lowest BCUT2D eigenvalue weighted by molar-refractivity contribution is -0.142.